The summed E-state index contributed by atoms with van der Waals surface area (Å²) in [5.74, 6) is -0.365. The van der Waals surface area contributed by atoms with Gasteiger partial charge in [-0.25, -0.2) is 0 Å². The Morgan fingerprint density at radius 3 is 2.67 bits per heavy atom. The minimum Gasteiger partial charge on any atom is -0.365 e. The molecule has 160 valence electrons. The van der Waals surface area contributed by atoms with Crippen LogP contribution < -0.4 is 16.4 Å². The highest BCUT2D eigenvalue weighted by Gasteiger charge is 2.33. The molecule has 1 atom stereocenters. The number of hydrogen-bond acceptors (Lipinski definition) is 4. The molecule has 0 bridgehead atoms. The quantitative estimate of drug-likeness (QED) is 0.339. The average Bonchev–Trinajstić information content (AvgIpc) is 2.99. The maximum atomic E-state index is 12.6. The van der Waals surface area contributed by atoms with Crippen molar-refractivity contribution in [2.24, 2.45) is 17.1 Å². The van der Waals surface area contributed by atoms with Crippen molar-refractivity contribution in [1.82, 2.24) is 5.32 Å². The molecule has 4 N–H and O–H groups in total. The molecule has 0 saturated heterocycles. The molecule has 1 heterocycles. The molecule has 9 heteroatoms. The fourth-order valence-corrected chi connectivity index (χ4v) is 5.94. The van der Waals surface area contributed by atoms with E-state index in [1.54, 1.807) is 12.1 Å². The number of anilines is 1. The molecular weight excluding hydrogens is 553 g/mol. The predicted molar refractivity (Wildman–Crippen MR) is 136 cm³/mol. The van der Waals surface area contributed by atoms with Gasteiger partial charge in [-0.15, -0.1) is 11.3 Å². The van der Waals surface area contributed by atoms with E-state index < -0.39 is 11.8 Å². The molecule has 0 spiro atoms. The Morgan fingerprint density at radius 1 is 1.33 bits per heavy atom. The number of nitrogens with two attached hydrogens (primary N) is 1. The van der Waals surface area contributed by atoms with Gasteiger partial charge in [-0.2, -0.15) is 0 Å². The van der Waals surface area contributed by atoms with Crippen LogP contribution in [0.4, 0.5) is 5.00 Å². The highest BCUT2D eigenvalue weighted by atomic mass is 127. The second-order valence-electron chi connectivity index (χ2n) is 8.41. The Balaban J connectivity index is 1.80. The molecule has 0 unspecified atom stereocenters. The Labute approximate surface area is 204 Å². The number of primary amides is 1. The molecule has 1 aromatic heterocycles. The molecule has 0 saturated carbocycles. The summed E-state index contributed by atoms with van der Waals surface area (Å²) < 4.78 is 0.886. The van der Waals surface area contributed by atoms with Gasteiger partial charge in [0.2, 0.25) is 0 Å². The van der Waals surface area contributed by atoms with E-state index in [0.717, 1.165) is 33.3 Å². The topological polar surface area (TPSA) is 84.2 Å². The molecule has 2 aromatic rings. The van der Waals surface area contributed by atoms with Crippen LogP contribution >= 0.6 is 57.7 Å². The number of rotatable bonds is 3. The summed E-state index contributed by atoms with van der Waals surface area (Å²) in [5, 5.41) is 6.68. The summed E-state index contributed by atoms with van der Waals surface area (Å²) in [5.41, 5.74) is 7.70. The maximum Gasteiger partial charge on any atom is 0.258 e. The molecule has 3 rings (SSSR count). The van der Waals surface area contributed by atoms with E-state index in [4.69, 9.17) is 29.6 Å². The number of nitrogens with one attached hydrogen (secondary N) is 2. The van der Waals surface area contributed by atoms with Crippen LogP contribution in [0.1, 0.15) is 58.3 Å². The molecule has 1 aliphatic rings. The number of hydrogen-bond donors (Lipinski definition) is 3. The highest BCUT2D eigenvalue weighted by Crippen LogP contribution is 2.44. The third-order valence-electron chi connectivity index (χ3n) is 5.36. The number of fused-ring (bicyclic) bond motifs is 1. The number of carbonyl (C=O) groups excluding carboxylic acids is 2. The van der Waals surface area contributed by atoms with Crippen molar-refractivity contribution in [3.05, 3.63) is 48.4 Å². The third-order valence-corrected chi connectivity index (χ3v) is 7.74. The van der Waals surface area contributed by atoms with Crippen molar-refractivity contribution < 1.29 is 9.59 Å². The summed E-state index contributed by atoms with van der Waals surface area (Å²) in [6, 6.07) is 5.17. The molecule has 0 fully saturated rings. The summed E-state index contributed by atoms with van der Waals surface area (Å²) in [7, 11) is 0. The summed E-state index contributed by atoms with van der Waals surface area (Å²) in [6.07, 6.45) is 2.73. The Hall–Kier alpha value is -1.23. The summed E-state index contributed by atoms with van der Waals surface area (Å²) in [6.45, 7) is 6.72. The van der Waals surface area contributed by atoms with Gasteiger partial charge in [0.05, 0.1) is 16.1 Å². The van der Waals surface area contributed by atoms with Crippen molar-refractivity contribution in [2.45, 2.75) is 40.0 Å². The van der Waals surface area contributed by atoms with Crippen molar-refractivity contribution in [3.8, 4) is 0 Å². The zero-order valence-electron chi connectivity index (χ0n) is 16.9. The molecule has 2 amide bonds. The van der Waals surface area contributed by atoms with Crippen LogP contribution in [0, 0.1) is 14.9 Å². The molecule has 30 heavy (non-hydrogen) atoms. The molecular formula is C21H23ClIN3O2S2. The van der Waals surface area contributed by atoms with Crippen LogP contribution in [-0.2, 0) is 12.8 Å². The molecule has 5 nitrogen and oxygen atoms in total. The average molecular weight is 576 g/mol. The normalized spacial score (nSPS) is 16.0. The Morgan fingerprint density at radius 2 is 2.03 bits per heavy atom. The third kappa shape index (κ3) is 5.15. The van der Waals surface area contributed by atoms with Crippen LogP contribution in [0.2, 0.25) is 5.02 Å². The Bertz CT molecular complexity index is 1030. The van der Waals surface area contributed by atoms with Crippen molar-refractivity contribution in [2.75, 3.05) is 5.32 Å². The highest BCUT2D eigenvalue weighted by molar-refractivity contribution is 14.1. The van der Waals surface area contributed by atoms with Crippen molar-refractivity contribution in [1.29, 1.82) is 0 Å². The van der Waals surface area contributed by atoms with Gasteiger partial charge >= 0.3 is 0 Å². The van der Waals surface area contributed by atoms with Gasteiger partial charge in [0.1, 0.15) is 5.00 Å². The van der Waals surface area contributed by atoms with Crippen LogP contribution in [-0.4, -0.2) is 16.9 Å². The van der Waals surface area contributed by atoms with Gasteiger partial charge in [0, 0.05) is 8.45 Å². The smallest absolute Gasteiger partial charge is 0.258 e. The van der Waals surface area contributed by atoms with Crippen molar-refractivity contribution >= 4 is 79.7 Å². The zero-order valence-corrected chi connectivity index (χ0v) is 21.4. The fraction of sp³-hybridized carbons (Fsp3) is 0.381. The summed E-state index contributed by atoms with van der Waals surface area (Å²) >= 11 is 15.1. The van der Waals surface area contributed by atoms with Crippen LogP contribution in [0.25, 0.3) is 0 Å². The van der Waals surface area contributed by atoms with Crippen LogP contribution in [0.15, 0.2) is 18.2 Å². The number of benzene rings is 1. The number of thiocarbonyl (C=S) groups is 1. The van der Waals surface area contributed by atoms with Crippen LogP contribution in [0.5, 0.6) is 0 Å². The van der Waals surface area contributed by atoms with Gasteiger partial charge in [0.25, 0.3) is 11.8 Å². The first kappa shape index (κ1) is 23.4. The minimum atomic E-state index is -0.487. The van der Waals surface area contributed by atoms with E-state index >= 15 is 0 Å². The van der Waals surface area contributed by atoms with Gasteiger partial charge in [0.15, 0.2) is 5.11 Å². The minimum absolute atomic E-state index is 0.100. The molecule has 1 aromatic carbocycles. The van der Waals surface area contributed by atoms with Gasteiger partial charge in [-0.1, -0.05) is 32.4 Å². The lowest BCUT2D eigenvalue weighted by molar-refractivity contribution is 0.0975. The van der Waals surface area contributed by atoms with Gasteiger partial charge in [-0.3, -0.25) is 14.9 Å². The van der Waals surface area contributed by atoms with Crippen LogP contribution in [0.3, 0.4) is 0 Å². The van der Waals surface area contributed by atoms with E-state index in [2.05, 4.69) is 54.0 Å². The second-order valence-corrected chi connectivity index (χ2v) is 11.6. The standard InChI is InChI=1S/C21H23ClIN3O2S2/c1-21(2,3)10-4-6-12-15(8-10)30-19(16(12)17(24)27)26-20(29)25-18(28)13-9-11(23)5-7-14(13)22/h5,7,9-10H,4,6,8H2,1-3H3,(H2,24,27)(H2,25,26,28,29)/t10-/m1/s1. The van der Waals surface area contributed by atoms with E-state index in [0.29, 0.717) is 27.1 Å². The van der Waals surface area contributed by atoms with E-state index in [1.165, 1.54) is 11.3 Å². The van der Waals surface area contributed by atoms with E-state index in [1.807, 2.05) is 6.07 Å². The SMILES string of the molecule is CC(C)(C)[C@@H]1CCc2c(sc(NC(=S)NC(=O)c3cc(I)ccc3Cl)c2C(N)=O)C1. The molecule has 1 aliphatic carbocycles. The first-order chi connectivity index (χ1) is 14.0. The molecule has 0 radical (unpaired) electrons. The number of thiophene rings is 1. The number of carbonyl (C=O) groups is 2. The van der Waals surface area contributed by atoms with Crippen molar-refractivity contribution in [3.63, 3.8) is 0 Å². The first-order valence-corrected chi connectivity index (χ1v) is 12.2. The van der Waals surface area contributed by atoms with E-state index in [9.17, 15) is 9.59 Å². The Kier molecular flexibility index (Phi) is 7.11. The summed E-state index contributed by atoms with van der Waals surface area (Å²) in [4.78, 5) is 25.9. The number of amides is 2. The van der Waals surface area contributed by atoms with E-state index in [-0.39, 0.29) is 10.5 Å². The zero-order chi connectivity index (χ0) is 22.2. The maximum absolute atomic E-state index is 12.6. The van der Waals surface area contributed by atoms with Gasteiger partial charge in [-0.05, 0) is 89.2 Å². The van der Waals surface area contributed by atoms with Gasteiger partial charge < -0.3 is 11.1 Å². The predicted octanol–water partition coefficient (Wildman–Crippen LogP) is 5.38. The lowest BCUT2D eigenvalue weighted by Crippen LogP contribution is -2.34. The fourth-order valence-electron chi connectivity index (χ4n) is 3.65. The first-order valence-electron chi connectivity index (χ1n) is 9.49. The largest absolute Gasteiger partial charge is 0.365 e. The lowest BCUT2D eigenvalue weighted by Gasteiger charge is -2.33. The monoisotopic (exact) mass is 575 g/mol. The molecule has 0 aliphatic heterocycles. The second kappa shape index (κ2) is 9.10. The number of halogens is 2. The lowest BCUT2D eigenvalue weighted by atomic mass is 9.72.